The Balaban J connectivity index is 0.680. The van der Waals surface area contributed by atoms with E-state index in [1.165, 1.54) is 6.33 Å². The average Bonchev–Trinajstić information content (AvgIpc) is 3.98. The molecule has 4 aromatic rings. The second-order valence-electron chi connectivity index (χ2n) is 18.8. The zero-order valence-electron chi connectivity index (χ0n) is 44.0. The highest BCUT2D eigenvalue weighted by Crippen LogP contribution is 2.33. The van der Waals surface area contributed by atoms with Crippen LogP contribution in [0.2, 0.25) is 0 Å². The van der Waals surface area contributed by atoms with E-state index in [-0.39, 0.29) is 35.8 Å². The van der Waals surface area contributed by atoms with E-state index in [0.717, 1.165) is 91.4 Å². The molecule has 0 spiro atoms. The molecule has 0 bridgehead atoms. The number of hydrogen-bond acceptors (Lipinski definition) is 14. The molecule has 3 atom stereocenters. The minimum atomic E-state index is -0.0658. The number of urea groups is 1. The van der Waals surface area contributed by atoms with Crippen LogP contribution in [0, 0.1) is 0 Å². The minimum Gasteiger partial charge on any atom is -0.457 e. The van der Waals surface area contributed by atoms with Crippen molar-refractivity contribution in [2.45, 2.75) is 88.0 Å². The Hall–Kier alpha value is -6.51. The van der Waals surface area contributed by atoms with Crippen LogP contribution in [0.1, 0.15) is 76.2 Å². The van der Waals surface area contributed by atoms with Crippen molar-refractivity contribution < 1.29 is 38.1 Å². The molecule has 7 N–H and O–H groups in total. The molecule has 18 nitrogen and oxygen atoms in total. The molecule has 76 heavy (non-hydrogen) atoms. The fourth-order valence-corrected chi connectivity index (χ4v) is 9.95. The van der Waals surface area contributed by atoms with Crippen LogP contribution in [-0.2, 0) is 28.6 Å². The molecule has 410 valence electrons. The zero-order chi connectivity index (χ0) is 53.4. The first-order valence-electron chi connectivity index (χ1n) is 26.7. The summed E-state index contributed by atoms with van der Waals surface area (Å²) in [7, 11) is 2.08. The number of para-hydroxylation sites is 1. The topological polar surface area (TPSA) is 218 Å². The largest absolute Gasteiger partial charge is 0.457 e. The van der Waals surface area contributed by atoms with Gasteiger partial charge in [0.25, 0.3) is 0 Å². The van der Waals surface area contributed by atoms with Crippen molar-refractivity contribution in [2.24, 2.45) is 0 Å². The average molecular weight is 1060 g/mol. The molecule has 2 aliphatic heterocycles. The molecule has 19 heteroatoms. The summed E-state index contributed by atoms with van der Waals surface area (Å²) in [6, 6.07) is 27.6. The van der Waals surface area contributed by atoms with Crippen molar-refractivity contribution in [2.75, 3.05) is 95.8 Å². The predicted octanol–water partition coefficient (Wildman–Crippen LogP) is 8.11. The number of anilines is 4. The molecule has 2 fully saturated rings. The van der Waals surface area contributed by atoms with Gasteiger partial charge in [0.15, 0.2) is 0 Å². The van der Waals surface area contributed by atoms with Gasteiger partial charge in [-0.05, 0) is 118 Å². The molecular weight excluding hydrogens is 985 g/mol. The number of amides is 5. The third-order valence-corrected chi connectivity index (χ3v) is 14.0. The third kappa shape index (κ3) is 23.2. The Kier molecular flexibility index (Phi) is 26.4. The minimum absolute atomic E-state index is 0.0347. The number of unbranched alkanes of at least 4 members (excludes halogenated alkanes) is 2. The highest BCUT2D eigenvalue weighted by atomic mass is 32.2. The number of ether oxygens (including phenoxy) is 4. The molecule has 2 saturated heterocycles. The van der Waals surface area contributed by atoms with Gasteiger partial charge in [-0.2, -0.15) is 11.8 Å². The van der Waals surface area contributed by atoms with E-state index >= 15 is 0 Å². The van der Waals surface area contributed by atoms with Gasteiger partial charge in [-0.25, -0.2) is 14.8 Å². The molecular formula is C57H78N10O8S. The number of thioether (sulfide) groups is 1. The number of benzene rings is 3. The first-order valence-corrected chi connectivity index (χ1v) is 27.8. The van der Waals surface area contributed by atoms with Gasteiger partial charge in [0.2, 0.25) is 17.7 Å². The number of aromatic nitrogens is 2. The first kappa shape index (κ1) is 58.7. The van der Waals surface area contributed by atoms with E-state index in [2.05, 4.69) is 71.8 Å². The van der Waals surface area contributed by atoms with E-state index in [4.69, 9.17) is 18.9 Å². The van der Waals surface area contributed by atoms with Gasteiger partial charge >= 0.3 is 6.03 Å². The molecule has 5 amide bonds. The van der Waals surface area contributed by atoms with Crippen molar-refractivity contribution in [3.05, 3.63) is 116 Å². The molecule has 0 saturated carbocycles. The van der Waals surface area contributed by atoms with Crippen molar-refractivity contribution in [3.63, 3.8) is 0 Å². The van der Waals surface area contributed by atoms with E-state index in [9.17, 15) is 19.2 Å². The van der Waals surface area contributed by atoms with Crippen molar-refractivity contribution in [1.82, 2.24) is 41.5 Å². The number of carbonyl (C=O) groups is 4. The highest BCUT2D eigenvalue weighted by Gasteiger charge is 2.42. The zero-order valence-corrected chi connectivity index (χ0v) is 44.8. The Labute approximate surface area is 452 Å². The molecule has 0 aliphatic carbocycles. The molecule has 6 rings (SSSR count). The number of nitrogens with zero attached hydrogens (tertiary/aromatic N) is 3. The number of nitrogens with one attached hydrogen (secondary N) is 7. The van der Waals surface area contributed by atoms with Crippen molar-refractivity contribution in [3.8, 4) is 11.5 Å². The molecule has 2 aliphatic rings. The van der Waals surface area contributed by atoms with E-state index in [1.54, 1.807) is 0 Å². The number of likely N-dealkylation sites (N-methyl/N-ethyl adjacent to an activating group) is 1. The van der Waals surface area contributed by atoms with Gasteiger partial charge in [0, 0.05) is 87.1 Å². The monoisotopic (exact) mass is 1060 g/mol. The summed E-state index contributed by atoms with van der Waals surface area (Å²) < 4.78 is 22.6. The van der Waals surface area contributed by atoms with Gasteiger partial charge in [0.1, 0.15) is 29.5 Å². The second kappa shape index (κ2) is 34.2. The third-order valence-electron chi connectivity index (χ3n) is 12.5. The molecule has 3 heterocycles. The van der Waals surface area contributed by atoms with Crippen LogP contribution in [0.25, 0.3) is 5.57 Å². The smallest absolute Gasteiger partial charge is 0.315 e. The number of rotatable bonds is 38. The number of hydrogen-bond donors (Lipinski definition) is 7. The molecule has 0 unspecified atom stereocenters. The summed E-state index contributed by atoms with van der Waals surface area (Å²) in [5.41, 5.74) is 3.65. The Morgan fingerprint density at radius 2 is 1.30 bits per heavy atom. The number of fused-ring (bicyclic) bond motifs is 1. The highest BCUT2D eigenvalue weighted by molar-refractivity contribution is 8.00. The lowest BCUT2D eigenvalue weighted by Gasteiger charge is -2.16. The Morgan fingerprint density at radius 3 is 1.99 bits per heavy atom. The van der Waals surface area contributed by atoms with E-state index in [0.29, 0.717) is 108 Å². The summed E-state index contributed by atoms with van der Waals surface area (Å²) in [6.45, 7) is 10.6. The van der Waals surface area contributed by atoms with Crippen LogP contribution in [-0.4, -0.2) is 141 Å². The lowest BCUT2D eigenvalue weighted by atomic mass is 10.0. The summed E-state index contributed by atoms with van der Waals surface area (Å²) in [5, 5.41) is 21.9. The SMILES string of the molecule is C=C(C=CCN(C)CCCCNC(=O)CCCC(=O)NCCCOCCOCCOCCCNC(=O)CCCC[C@@H]1SC[C@@H]2NC(=O)N[C@@H]21)c1cccc(Nc2cc(Nc3ccc(Oc4ccccc4)cc3)ncn2)c1. The van der Waals surface area contributed by atoms with Crippen molar-refractivity contribution in [1.29, 1.82) is 0 Å². The lowest BCUT2D eigenvalue weighted by molar-refractivity contribution is -0.123. The Morgan fingerprint density at radius 1 is 0.684 bits per heavy atom. The lowest BCUT2D eigenvalue weighted by Crippen LogP contribution is -2.36. The number of carbonyl (C=O) groups excluding carboxylic acids is 4. The molecule has 1 aromatic heterocycles. The van der Waals surface area contributed by atoms with E-state index in [1.807, 2.05) is 103 Å². The van der Waals surface area contributed by atoms with Gasteiger partial charge in [0.05, 0.1) is 38.5 Å². The summed E-state index contributed by atoms with van der Waals surface area (Å²) >= 11 is 1.90. The number of allylic oxidation sites excluding steroid dienone is 2. The predicted molar refractivity (Wildman–Crippen MR) is 301 cm³/mol. The normalized spacial score (nSPS) is 15.7. The van der Waals surface area contributed by atoms with Gasteiger partial charge in [-0.15, -0.1) is 0 Å². The van der Waals surface area contributed by atoms with Crippen LogP contribution in [0.15, 0.2) is 110 Å². The standard InChI is InChI=1S/C57H78N10O8S/c1-43(44-16-10-17-46(39-44)64-52-40-51(61-42-62-52)63-45-24-26-48(27-25-45)75-47-18-4-3-5-19-47)15-12-32-67(2)31-9-8-28-58-54(69)22-11-23-55(70)60-30-14-34-73-36-38-74-37-35-72-33-13-29-59-53(68)21-7-6-20-50-56-49(41-76-50)65-57(71)66-56/h3-5,10,12,15-19,24-27,39-40,42,49-50,56H,1,6-9,11,13-14,20-23,28-38,41H2,2H3,(H,58,69)(H,59,68)(H,60,70)(H2,65,66,71)(H2,61,62,63,64)/t49-,50-,56-/m0/s1. The summed E-state index contributed by atoms with van der Waals surface area (Å²) in [5.74, 6) is 3.75. The Bertz CT molecular complexity index is 2420. The van der Waals surface area contributed by atoms with E-state index < -0.39 is 0 Å². The van der Waals surface area contributed by atoms with Crippen LogP contribution >= 0.6 is 11.8 Å². The maximum Gasteiger partial charge on any atom is 0.315 e. The second-order valence-corrected chi connectivity index (χ2v) is 20.0. The van der Waals surface area contributed by atoms with Gasteiger partial charge in [-0.1, -0.05) is 55.5 Å². The maximum absolute atomic E-state index is 12.3. The van der Waals surface area contributed by atoms with Crippen LogP contribution in [0.3, 0.4) is 0 Å². The fourth-order valence-electron chi connectivity index (χ4n) is 8.41. The quantitative estimate of drug-likeness (QED) is 0.0128. The van der Waals surface area contributed by atoms with Crippen LogP contribution < -0.4 is 42.0 Å². The van der Waals surface area contributed by atoms with Crippen molar-refractivity contribution >= 4 is 64.1 Å². The summed E-state index contributed by atoms with van der Waals surface area (Å²) in [6.07, 6.45) is 13.4. The fraction of sp³-hybridized carbons (Fsp3) is 0.474. The van der Waals surface area contributed by atoms with Gasteiger partial charge in [-0.3, -0.25) is 14.4 Å². The first-order chi connectivity index (χ1) is 37.2. The maximum atomic E-state index is 12.3. The summed E-state index contributed by atoms with van der Waals surface area (Å²) in [4.78, 5) is 59.3. The van der Waals surface area contributed by atoms with Gasteiger partial charge < -0.3 is 61.1 Å². The molecule has 3 aromatic carbocycles. The van der Waals surface area contributed by atoms with Crippen LogP contribution in [0.4, 0.5) is 27.8 Å². The molecule has 0 radical (unpaired) electrons. The van der Waals surface area contributed by atoms with Crippen LogP contribution in [0.5, 0.6) is 11.5 Å².